The van der Waals surface area contributed by atoms with Crippen LogP contribution < -0.4 is 4.74 Å². The van der Waals surface area contributed by atoms with E-state index in [1.807, 2.05) is 0 Å². The SMILES string of the molecule is CC(=O)c1cc(OCCCl)ccc1O. The molecule has 1 N–H and O–H groups in total. The summed E-state index contributed by atoms with van der Waals surface area (Å²) in [7, 11) is 0. The Morgan fingerprint density at radius 3 is 2.86 bits per heavy atom. The van der Waals surface area contributed by atoms with Crippen molar-refractivity contribution in [2.45, 2.75) is 6.92 Å². The van der Waals surface area contributed by atoms with Crippen molar-refractivity contribution < 1.29 is 14.6 Å². The second-order valence-corrected chi connectivity index (χ2v) is 3.15. The summed E-state index contributed by atoms with van der Waals surface area (Å²) in [5.41, 5.74) is 0.261. The Bertz CT molecular complexity index is 336. The lowest BCUT2D eigenvalue weighted by molar-refractivity contribution is 0.101. The van der Waals surface area contributed by atoms with Gasteiger partial charge in [0.1, 0.15) is 18.1 Å². The van der Waals surface area contributed by atoms with E-state index in [2.05, 4.69) is 0 Å². The fourth-order valence-corrected chi connectivity index (χ4v) is 1.12. The first kappa shape index (κ1) is 10.9. The van der Waals surface area contributed by atoms with E-state index >= 15 is 0 Å². The molecule has 0 bridgehead atoms. The number of carbonyl (C=O) groups is 1. The van der Waals surface area contributed by atoms with Crippen LogP contribution in [-0.2, 0) is 0 Å². The third kappa shape index (κ3) is 2.64. The Morgan fingerprint density at radius 1 is 1.57 bits per heavy atom. The van der Waals surface area contributed by atoms with Crippen LogP contribution in [0.4, 0.5) is 0 Å². The maximum atomic E-state index is 11.1. The highest BCUT2D eigenvalue weighted by atomic mass is 35.5. The van der Waals surface area contributed by atoms with Crippen molar-refractivity contribution in [1.29, 1.82) is 0 Å². The molecule has 76 valence electrons. The number of ether oxygens (including phenoxy) is 1. The molecule has 0 aliphatic carbocycles. The molecule has 1 aromatic rings. The summed E-state index contributed by atoms with van der Waals surface area (Å²) < 4.78 is 5.21. The number of Topliss-reactive ketones (excluding diaryl/α,β-unsaturated/α-hetero) is 1. The van der Waals surface area contributed by atoms with Gasteiger partial charge in [0.15, 0.2) is 5.78 Å². The second-order valence-electron chi connectivity index (χ2n) is 2.77. The molecule has 0 unspecified atom stereocenters. The van der Waals surface area contributed by atoms with E-state index in [0.29, 0.717) is 18.2 Å². The Kier molecular flexibility index (Phi) is 3.77. The van der Waals surface area contributed by atoms with E-state index in [1.165, 1.54) is 19.1 Å². The third-order valence-corrected chi connectivity index (χ3v) is 1.85. The Balaban J connectivity index is 2.89. The van der Waals surface area contributed by atoms with Gasteiger partial charge in [-0.25, -0.2) is 0 Å². The molecule has 14 heavy (non-hydrogen) atoms. The summed E-state index contributed by atoms with van der Waals surface area (Å²) in [4.78, 5) is 11.1. The second kappa shape index (κ2) is 4.86. The van der Waals surface area contributed by atoms with Gasteiger partial charge in [-0.05, 0) is 25.1 Å². The lowest BCUT2D eigenvalue weighted by Gasteiger charge is -2.06. The zero-order chi connectivity index (χ0) is 10.6. The molecular weight excluding hydrogens is 204 g/mol. The number of carbonyl (C=O) groups excluding carboxylic acids is 1. The zero-order valence-electron chi connectivity index (χ0n) is 7.79. The summed E-state index contributed by atoms with van der Waals surface area (Å²) >= 11 is 5.44. The number of hydrogen-bond donors (Lipinski definition) is 1. The van der Waals surface area contributed by atoms with Crippen molar-refractivity contribution in [3.8, 4) is 11.5 Å². The van der Waals surface area contributed by atoms with E-state index in [1.54, 1.807) is 6.07 Å². The summed E-state index contributed by atoms with van der Waals surface area (Å²) in [6, 6.07) is 4.53. The average Bonchev–Trinajstić information content (AvgIpc) is 2.16. The van der Waals surface area contributed by atoms with Crippen molar-refractivity contribution in [3.63, 3.8) is 0 Å². The topological polar surface area (TPSA) is 46.5 Å². The Labute approximate surface area is 87.3 Å². The minimum Gasteiger partial charge on any atom is -0.507 e. The van der Waals surface area contributed by atoms with Crippen molar-refractivity contribution in [2.75, 3.05) is 12.5 Å². The molecule has 0 spiro atoms. The highest BCUT2D eigenvalue weighted by molar-refractivity contribution is 6.18. The molecule has 0 aliphatic heterocycles. The van der Waals surface area contributed by atoms with Gasteiger partial charge in [0.25, 0.3) is 0 Å². The normalized spacial score (nSPS) is 9.86. The quantitative estimate of drug-likeness (QED) is 0.618. The first-order chi connectivity index (χ1) is 6.65. The van der Waals surface area contributed by atoms with Crippen LogP contribution in [0.1, 0.15) is 17.3 Å². The van der Waals surface area contributed by atoms with Crippen molar-refractivity contribution in [2.24, 2.45) is 0 Å². The number of hydrogen-bond acceptors (Lipinski definition) is 3. The van der Waals surface area contributed by atoms with E-state index in [9.17, 15) is 9.90 Å². The molecule has 0 aliphatic rings. The fraction of sp³-hybridized carbons (Fsp3) is 0.300. The molecule has 0 atom stereocenters. The minimum atomic E-state index is -0.196. The lowest BCUT2D eigenvalue weighted by atomic mass is 10.1. The Morgan fingerprint density at radius 2 is 2.29 bits per heavy atom. The van der Waals surface area contributed by atoms with Gasteiger partial charge in [0, 0.05) is 0 Å². The van der Waals surface area contributed by atoms with Crippen LogP contribution in [0.2, 0.25) is 0 Å². The van der Waals surface area contributed by atoms with Gasteiger partial charge in [-0.1, -0.05) is 0 Å². The molecule has 4 heteroatoms. The van der Waals surface area contributed by atoms with E-state index in [0.717, 1.165) is 0 Å². The predicted octanol–water partition coefficient (Wildman–Crippen LogP) is 2.21. The van der Waals surface area contributed by atoms with Gasteiger partial charge in [0.2, 0.25) is 0 Å². The summed E-state index contributed by atoms with van der Waals surface area (Å²) in [6.45, 7) is 1.77. The van der Waals surface area contributed by atoms with Crippen molar-refractivity contribution >= 4 is 17.4 Å². The minimum absolute atomic E-state index is 0.0317. The molecule has 0 saturated heterocycles. The number of phenolic OH excluding ortho intramolecular Hbond substituents is 1. The van der Waals surface area contributed by atoms with Crippen molar-refractivity contribution in [1.82, 2.24) is 0 Å². The van der Waals surface area contributed by atoms with E-state index in [4.69, 9.17) is 16.3 Å². The summed E-state index contributed by atoms with van der Waals surface area (Å²) in [5.74, 6) is 0.694. The lowest BCUT2D eigenvalue weighted by Crippen LogP contribution is -2.00. The number of halogens is 1. The van der Waals surface area contributed by atoms with Crippen LogP contribution in [0, 0.1) is 0 Å². The van der Waals surface area contributed by atoms with Crippen molar-refractivity contribution in [3.05, 3.63) is 23.8 Å². The molecule has 0 saturated carbocycles. The van der Waals surface area contributed by atoms with Crippen LogP contribution >= 0.6 is 11.6 Å². The van der Waals surface area contributed by atoms with Crippen LogP contribution in [0.5, 0.6) is 11.5 Å². The molecule has 0 amide bonds. The smallest absolute Gasteiger partial charge is 0.163 e. The Hall–Kier alpha value is -1.22. The number of ketones is 1. The zero-order valence-corrected chi connectivity index (χ0v) is 8.54. The molecule has 0 aromatic heterocycles. The van der Waals surface area contributed by atoms with Gasteiger partial charge < -0.3 is 9.84 Å². The molecule has 3 nitrogen and oxygen atoms in total. The molecular formula is C10H11ClO3. The maximum absolute atomic E-state index is 11.1. The van der Waals surface area contributed by atoms with Crippen LogP contribution in [0.25, 0.3) is 0 Å². The highest BCUT2D eigenvalue weighted by Crippen LogP contribution is 2.23. The number of aromatic hydroxyl groups is 1. The van der Waals surface area contributed by atoms with E-state index in [-0.39, 0.29) is 17.1 Å². The monoisotopic (exact) mass is 214 g/mol. The maximum Gasteiger partial charge on any atom is 0.163 e. The van der Waals surface area contributed by atoms with Gasteiger partial charge in [-0.3, -0.25) is 4.79 Å². The fourth-order valence-electron chi connectivity index (χ4n) is 1.04. The molecule has 0 fully saturated rings. The van der Waals surface area contributed by atoms with E-state index < -0.39 is 0 Å². The predicted molar refractivity (Wildman–Crippen MR) is 54.3 cm³/mol. The van der Waals surface area contributed by atoms with Gasteiger partial charge >= 0.3 is 0 Å². The highest BCUT2D eigenvalue weighted by Gasteiger charge is 2.07. The molecule has 0 radical (unpaired) electrons. The number of rotatable bonds is 4. The summed E-state index contributed by atoms with van der Waals surface area (Å²) in [5, 5.41) is 9.33. The third-order valence-electron chi connectivity index (χ3n) is 1.69. The standard InChI is InChI=1S/C10H11ClO3/c1-7(12)9-6-8(14-5-4-11)2-3-10(9)13/h2-3,6,13H,4-5H2,1H3. The number of benzene rings is 1. The molecule has 1 aromatic carbocycles. The van der Waals surface area contributed by atoms with Gasteiger partial charge in [0.05, 0.1) is 11.4 Å². The van der Waals surface area contributed by atoms with Crippen LogP contribution in [0.15, 0.2) is 18.2 Å². The first-order valence-corrected chi connectivity index (χ1v) is 4.71. The van der Waals surface area contributed by atoms with Crippen LogP contribution in [0.3, 0.4) is 0 Å². The molecule has 1 rings (SSSR count). The largest absolute Gasteiger partial charge is 0.507 e. The van der Waals surface area contributed by atoms with Crippen LogP contribution in [-0.4, -0.2) is 23.4 Å². The number of alkyl halides is 1. The number of phenols is 1. The van der Waals surface area contributed by atoms with Gasteiger partial charge in [-0.2, -0.15) is 0 Å². The average molecular weight is 215 g/mol. The summed E-state index contributed by atoms with van der Waals surface area (Å²) in [6.07, 6.45) is 0. The first-order valence-electron chi connectivity index (χ1n) is 4.18. The van der Waals surface area contributed by atoms with Gasteiger partial charge in [-0.15, -0.1) is 11.6 Å². The molecule has 0 heterocycles.